The van der Waals surface area contributed by atoms with Crippen LogP contribution < -0.4 is 5.32 Å². The van der Waals surface area contributed by atoms with Gasteiger partial charge in [0.15, 0.2) is 22.9 Å². The molecule has 0 amide bonds. The van der Waals surface area contributed by atoms with Crippen LogP contribution in [0.4, 0.5) is 17.4 Å². The van der Waals surface area contributed by atoms with Crippen LogP contribution in [-0.4, -0.2) is 39.1 Å². The van der Waals surface area contributed by atoms with E-state index in [1.807, 2.05) is 25.1 Å². The van der Waals surface area contributed by atoms with Gasteiger partial charge in [-0.05, 0) is 48.7 Å². The Morgan fingerprint density at radius 1 is 1.30 bits per heavy atom. The highest BCUT2D eigenvalue weighted by Gasteiger charge is 2.26. The number of nitrogens with one attached hydrogen (secondary N) is 1. The maximum atomic E-state index is 11.8. The molecule has 3 aromatic rings. The normalized spacial score (nSPS) is 13.6. The van der Waals surface area contributed by atoms with Gasteiger partial charge in [0.05, 0.1) is 0 Å². The van der Waals surface area contributed by atoms with Crippen LogP contribution in [-0.2, 0) is 6.42 Å². The highest BCUT2D eigenvalue weighted by Crippen LogP contribution is 2.39. The first-order valence-corrected chi connectivity index (χ1v) is 9.25. The fourth-order valence-corrected chi connectivity index (χ4v) is 3.28. The van der Waals surface area contributed by atoms with Gasteiger partial charge in [-0.3, -0.25) is 0 Å². The minimum atomic E-state index is -1.32. The Kier molecular flexibility index (Phi) is 5.07. The van der Waals surface area contributed by atoms with Crippen molar-refractivity contribution in [2.75, 3.05) is 11.9 Å². The molecule has 0 spiro atoms. The van der Waals surface area contributed by atoms with Gasteiger partial charge in [0.2, 0.25) is 5.88 Å². The molecule has 4 N–H and O–H groups in total. The quantitative estimate of drug-likeness (QED) is 0.489. The number of carboxylic acid groups (broad SMARTS) is 1. The molecule has 0 saturated carbocycles. The third kappa shape index (κ3) is 3.56. The number of benzene rings is 1. The summed E-state index contributed by atoms with van der Waals surface area (Å²) in [7, 11) is 0. The molecule has 2 aromatic heterocycles. The Balaban J connectivity index is 1.71. The number of aliphatic hydroxyl groups is 1. The number of pyridine rings is 1. The minimum absolute atomic E-state index is 0.00241. The number of aromatic nitrogens is 1. The van der Waals surface area contributed by atoms with E-state index in [2.05, 4.69) is 15.3 Å². The number of carbonyl (C=O) groups is 1. The van der Waals surface area contributed by atoms with E-state index in [9.17, 15) is 15.0 Å². The number of aromatic hydroxyl groups is 1. The van der Waals surface area contributed by atoms with Crippen LogP contribution >= 0.6 is 0 Å². The Hall–Kier alpha value is -3.91. The number of aryl methyl sites for hydroxylation is 1. The number of carboxylic acids is 1. The van der Waals surface area contributed by atoms with E-state index in [4.69, 9.17) is 9.52 Å². The Labute approximate surface area is 171 Å². The maximum absolute atomic E-state index is 11.8. The Morgan fingerprint density at radius 2 is 2.13 bits per heavy atom. The van der Waals surface area contributed by atoms with Crippen molar-refractivity contribution in [2.45, 2.75) is 13.3 Å². The third-order valence-electron chi connectivity index (χ3n) is 4.77. The largest absolute Gasteiger partial charge is 0.504 e. The second-order valence-corrected chi connectivity index (χ2v) is 6.80. The summed E-state index contributed by atoms with van der Waals surface area (Å²) >= 11 is 0. The lowest BCUT2D eigenvalue weighted by Gasteiger charge is -2.09. The molecular formula is C22H19N3O5. The van der Waals surface area contributed by atoms with Crippen molar-refractivity contribution in [2.24, 2.45) is 4.99 Å². The van der Waals surface area contributed by atoms with Crippen molar-refractivity contribution < 1.29 is 24.5 Å². The number of furan rings is 1. The summed E-state index contributed by atoms with van der Waals surface area (Å²) in [6.07, 6.45) is 5.26. The van der Waals surface area contributed by atoms with E-state index >= 15 is 0 Å². The molecule has 0 aliphatic carbocycles. The molecule has 1 aliphatic heterocycles. The van der Waals surface area contributed by atoms with E-state index in [-0.39, 0.29) is 23.8 Å². The lowest BCUT2D eigenvalue weighted by atomic mass is 10.1. The fourth-order valence-electron chi connectivity index (χ4n) is 3.28. The number of hydrogen-bond acceptors (Lipinski definition) is 7. The van der Waals surface area contributed by atoms with E-state index in [1.54, 1.807) is 24.5 Å². The first-order valence-electron chi connectivity index (χ1n) is 9.25. The summed E-state index contributed by atoms with van der Waals surface area (Å²) in [6.45, 7) is 1.90. The predicted octanol–water partition coefficient (Wildman–Crippen LogP) is 3.92. The smallest absolute Gasteiger partial charge is 0.345 e. The summed E-state index contributed by atoms with van der Waals surface area (Å²) in [5.74, 6) is -1.32. The maximum Gasteiger partial charge on any atom is 0.345 e. The zero-order valence-electron chi connectivity index (χ0n) is 16.1. The molecule has 1 aliphatic rings. The second kappa shape index (κ2) is 7.84. The van der Waals surface area contributed by atoms with Gasteiger partial charge in [-0.15, -0.1) is 0 Å². The van der Waals surface area contributed by atoms with Gasteiger partial charge in [-0.25, -0.2) is 14.8 Å². The van der Waals surface area contributed by atoms with Crippen molar-refractivity contribution in [3.63, 3.8) is 0 Å². The number of aliphatic imine (C=N–C) groups is 1. The number of anilines is 2. The monoisotopic (exact) mass is 405 g/mol. The Bertz CT molecular complexity index is 1190. The van der Waals surface area contributed by atoms with Gasteiger partial charge in [0, 0.05) is 35.8 Å². The molecule has 0 radical (unpaired) electrons. The van der Waals surface area contributed by atoms with Gasteiger partial charge in [0.25, 0.3) is 0 Å². The first-order chi connectivity index (χ1) is 14.5. The van der Waals surface area contributed by atoms with Crippen molar-refractivity contribution in [3.8, 4) is 5.75 Å². The molecule has 8 heteroatoms. The molecule has 30 heavy (non-hydrogen) atoms. The number of fused-ring (bicyclic) bond motifs is 1. The summed E-state index contributed by atoms with van der Waals surface area (Å²) < 4.78 is 5.68. The van der Waals surface area contributed by atoms with E-state index in [1.165, 1.54) is 6.08 Å². The van der Waals surface area contributed by atoms with E-state index in [0.717, 1.165) is 16.7 Å². The molecule has 0 unspecified atom stereocenters. The average molecular weight is 405 g/mol. The number of rotatable bonds is 6. The van der Waals surface area contributed by atoms with Crippen molar-refractivity contribution >= 4 is 41.2 Å². The predicted molar refractivity (Wildman–Crippen MR) is 113 cm³/mol. The summed E-state index contributed by atoms with van der Waals surface area (Å²) in [5, 5.41) is 32.1. The van der Waals surface area contributed by atoms with E-state index in [0.29, 0.717) is 23.5 Å². The van der Waals surface area contributed by atoms with Crippen molar-refractivity contribution in [1.82, 2.24) is 4.98 Å². The molecule has 0 saturated heterocycles. The number of allylic oxidation sites excluding steroid dienone is 1. The summed E-state index contributed by atoms with van der Waals surface area (Å²) in [4.78, 5) is 20.1. The molecule has 0 atom stereocenters. The third-order valence-corrected chi connectivity index (χ3v) is 4.77. The zero-order valence-corrected chi connectivity index (χ0v) is 16.1. The fraction of sp³-hybridized carbons (Fsp3) is 0.136. The lowest BCUT2D eigenvalue weighted by Crippen LogP contribution is -2.01. The molecule has 0 bridgehead atoms. The topological polar surface area (TPSA) is 128 Å². The van der Waals surface area contributed by atoms with Crippen LogP contribution in [0.15, 0.2) is 45.9 Å². The number of hydrogen-bond donors (Lipinski definition) is 4. The van der Waals surface area contributed by atoms with Crippen molar-refractivity contribution in [3.05, 3.63) is 64.5 Å². The number of aliphatic hydroxyl groups excluding tert-OH is 1. The van der Waals surface area contributed by atoms with Gasteiger partial charge in [-0.2, -0.15) is 0 Å². The van der Waals surface area contributed by atoms with E-state index < -0.39 is 11.7 Å². The second-order valence-electron chi connectivity index (χ2n) is 6.80. The molecule has 1 aromatic carbocycles. The van der Waals surface area contributed by atoms with Crippen LogP contribution in [0.25, 0.3) is 11.6 Å². The molecule has 0 fully saturated rings. The molecular weight excluding hydrogens is 386 g/mol. The minimum Gasteiger partial charge on any atom is -0.504 e. The average Bonchev–Trinajstić information content (AvgIpc) is 3.26. The van der Waals surface area contributed by atoms with Crippen molar-refractivity contribution in [1.29, 1.82) is 0 Å². The van der Waals surface area contributed by atoms with Crippen LogP contribution in [0, 0.1) is 6.92 Å². The van der Waals surface area contributed by atoms with Crippen LogP contribution in [0.3, 0.4) is 0 Å². The molecule has 152 valence electrons. The number of aromatic carboxylic acids is 1. The summed E-state index contributed by atoms with van der Waals surface area (Å²) in [6, 6.07) is 9.09. The van der Waals surface area contributed by atoms with Gasteiger partial charge in [-0.1, -0.05) is 12.1 Å². The highest BCUT2D eigenvalue weighted by atomic mass is 16.4. The van der Waals surface area contributed by atoms with Crippen LogP contribution in [0.1, 0.15) is 32.8 Å². The first kappa shape index (κ1) is 19.4. The highest BCUT2D eigenvalue weighted by molar-refractivity contribution is 6.21. The SMILES string of the molecule is Cc1cc(CCO)ccc1Nc1oc(C=C2C=Nc3ncccc32)c(O)c1C(=O)O. The van der Waals surface area contributed by atoms with Gasteiger partial charge in [0.1, 0.15) is 0 Å². The Morgan fingerprint density at radius 3 is 2.87 bits per heavy atom. The molecule has 4 rings (SSSR count). The molecule has 8 nitrogen and oxygen atoms in total. The molecule has 3 heterocycles. The van der Waals surface area contributed by atoms with Gasteiger partial charge >= 0.3 is 5.97 Å². The van der Waals surface area contributed by atoms with Crippen LogP contribution in [0.2, 0.25) is 0 Å². The lowest BCUT2D eigenvalue weighted by molar-refractivity contribution is 0.0695. The number of nitrogens with zero attached hydrogens (tertiary/aromatic N) is 2. The van der Waals surface area contributed by atoms with Gasteiger partial charge < -0.3 is 25.1 Å². The van der Waals surface area contributed by atoms with Crippen LogP contribution in [0.5, 0.6) is 5.75 Å². The summed E-state index contributed by atoms with van der Waals surface area (Å²) in [5.41, 5.74) is 3.48. The standard InChI is InChI=1S/C22H19N3O5/c1-12-9-13(6-8-26)4-5-16(12)25-21-18(22(28)29)19(27)17(30-21)10-14-11-24-20-15(14)3-2-7-23-20/h2-5,7,9-11,25-27H,6,8H2,1H3,(H,28,29). The zero-order chi connectivity index (χ0) is 21.3.